The summed E-state index contributed by atoms with van der Waals surface area (Å²) in [6.07, 6.45) is 0. The molecule has 0 saturated carbocycles. The van der Waals surface area contributed by atoms with Gasteiger partial charge in [-0.25, -0.2) is 0 Å². The van der Waals surface area contributed by atoms with Gasteiger partial charge in [-0.05, 0) is 23.6 Å². The van der Waals surface area contributed by atoms with E-state index in [2.05, 4.69) is 24.5 Å². The molecule has 1 fully saturated rings. The zero-order valence-corrected chi connectivity index (χ0v) is 10.9. The van der Waals surface area contributed by atoms with Crippen molar-refractivity contribution in [2.45, 2.75) is 25.8 Å². The van der Waals surface area contributed by atoms with Gasteiger partial charge < -0.3 is 15.4 Å². The molecule has 0 spiro atoms. The zero-order chi connectivity index (χ0) is 13.0. The van der Waals surface area contributed by atoms with Crippen molar-refractivity contribution in [3.8, 4) is 0 Å². The highest BCUT2D eigenvalue weighted by Gasteiger charge is 2.20. The predicted molar refractivity (Wildman–Crippen MR) is 71.8 cm³/mol. The Morgan fingerprint density at radius 2 is 2.11 bits per heavy atom. The Kier molecular flexibility index (Phi) is 4.33. The van der Waals surface area contributed by atoms with Gasteiger partial charge in [-0.1, -0.05) is 26.0 Å². The number of carbonyl (C=O) groups excluding carboxylic acids is 1. The van der Waals surface area contributed by atoms with E-state index in [1.54, 1.807) is 0 Å². The monoisotopic (exact) mass is 248 g/mol. The molecule has 4 heteroatoms. The fourth-order valence-electron chi connectivity index (χ4n) is 1.91. The molecular weight excluding hydrogens is 228 g/mol. The Hall–Kier alpha value is -1.39. The minimum Gasteiger partial charge on any atom is -0.378 e. The summed E-state index contributed by atoms with van der Waals surface area (Å²) in [4.78, 5) is 11.9. The quantitative estimate of drug-likeness (QED) is 0.856. The van der Waals surface area contributed by atoms with Gasteiger partial charge in [0.15, 0.2) is 0 Å². The van der Waals surface area contributed by atoms with E-state index in [9.17, 15) is 4.79 Å². The van der Waals surface area contributed by atoms with Gasteiger partial charge in [0.1, 0.15) is 6.04 Å². The molecular formula is C14H20N2O2. The summed E-state index contributed by atoms with van der Waals surface area (Å²) >= 11 is 0. The first-order valence-corrected chi connectivity index (χ1v) is 6.39. The van der Waals surface area contributed by atoms with Crippen LogP contribution in [0.3, 0.4) is 0 Å². The fourth-order valence-corrected chi connectivity index (χ4v) is 1.91. The number of hydrogen-bond donors (Lipinski definition) is 2. The van der Waals surface area contributed by atoms with Crippen LogP contribution in [0.1, 0.15) is 25.3 Å². The summed E-state index contributed by atoms with van der Waals surface area (Å²) in [5.41, 5.74) is 2.10. The van der Waals surface area contributed by atoms with Crippen molar-refractivity contribution in [3.63, 3.8) is 0 Å². The van der Waals surface area contributed by atoms with E-state index >= 15 is 0 Å². The van der Waals surface area contributed by atoms with Crippen LogP contribution in [0, 0.1) is 0 Å². The maximum absolute atomic E-state index is 11.9. The first-order chi connectivity index (χ1) is 8.66. The molecule has 1 unspecified atom stereocenters. The van der Waals surface area contributed by atoms with E-state index in [0.717, 1.165) is 12.2 Å². The van der Waals surface area contributed by atoms with Crippen LogP contribution < -0.4 is 10.6 Å². The van der Waals surface area contributed by atoms with Gasteiger partial charge in [0.2, 0.25) is 5.91 Å². The van der Waals surface area contributed by atoms with E-state index < -0.39 is 0 Å². The third-order valence-corrected chi connectivity index (χ3v) is 3.08. The van der Waals surface area contributed by atoms with E-state index in [4.69, 9.17) is 4.74 Å². The van der Waals surface area contributed by atoms with Crippen LogP contribution in [-0.4, -0.2) is 31.7 Å². The Bertz CT molecular complexity index is 395. The van der Waals surface area contributed by atoms with Crippen LogP contribution in [0.15, 0.2) is 24.3 Å². The molecule has 1 aliphatic rings. The summed E-state index contributed by atoms with van der Waals surface area (Å²) < 4.78 is 5.27. The summed E-state index contributed by atoms with van der Waals surface area (Å²) in [5, 5.41) is 6.03. The fraction of sp³-hybridized carbons (Fsp3) is 0.500. The van der Waals surface area contributed by atoms with Crippen LogP contribution in [0.25, 0.3) is 0 Å². The van der Waals surface area contributed by atoms with Crippen LogP contribution >= 0.6 is 0 Å². The number of hydrogen-bond acceptors (Lipinski definition) is 3. The lowest BCUT2D eigenvalue weighted by molar-refractivity contribution is -0.120. The highest BCUT2D eigenvalue weighted by atomic mass is 16.5. The second-order valence-electron chi connectivity index (χ2n) is 4.85. The van der Waals surface area contributed by atoms with Crippen LogP contribution in [0.2, 0.25) is 0 Å². The first kappa shape index (κ1) is 13.1. The second-order valence-corrected chi connectivity index (χ2v) is 4.85. The lowest BCUT2D eigenvalue weighted by Crippen LogP contribution is -2.48. The molecule has 98 valence electrons. The second kappa shape index (κ2) is 5.98. The summed E-state index contributed by atoms with van der Waals surface area (Å²) in [6.45, 7) is 6.14. The van der Waals surface area contributed by atoms with Crippen molar-refractivity contribution in [2.75, 3.05) is 25.1 Å². The van der Waals surface area contributed by atoms with Gasteiger partial charge in [-0.15, -0.1) is 0 Å². The van der Waals surface area contributed by atoms with Gasteiger partial charge in [0.05, 0.1) is 13.2 Å². The number of rotatable bonds is 3. The molecule has 0 bridgehead atoms. The van der Waals surface area contributed by atoms with E-state index in [1.165, 1.54) is 5.56 Å². The molecule has 1 heterocycles. The number of anilines is 1. The van der Waals surface area contributed by atoms with Gasteiger partial charge >= 0.3 is 0 Å². The molecule has 18 heavy (non-hydrogen) atoms. The lowest BCUT2D eigenvalue weighted by atomic mass is 10.0. The summed E-state index contributed by atoms with van der Waals surface area (Å²) in [6, 6.07) is 7.73. The third kappa shape index (κ3) is 3.31. The number of morpholine rings is 1. The largest absolute Gasteiger partial charge is 0.378 e. The van der Waals surface area contributed by atoms with Crippen molar-refractivity contribution in [3.05, 3.63) is 29.8 Å². The summed E-state index contributed by atoms with van der Waals surface area (Å²) in [7, 11) is 0. The molecule has 1 saturated heterocycles. The molecule has 1 aromatic carbocycles. The van der Waals surface area contributed by atoms with Crippen LogP contribution in [-0.2, 0) is 9.53 Å². The van der Waals surface area contributed by atoms with Crippen LogP contribution in [0.5, 0.6) is 0 Å². The van der Waals surface area contributed by atoms with Crippen molar-refractivity contribution in [1.29, 1.82) is 0 Å². The molecule has 2 rings (SSSR count). The zero-order valence-electron chi connectivity index (χ0n) is 10.9. The van der Waals surface area contributed by atoms with E-state index in [1.807, 2.05) is 24.3 Å². The Labute approximate surface area is 108 Å². The highest BCUT2D eigenvalue weighted by molar-refractivity contribution is 5.95. The van der Waals surface area contributed by atoms with E-state index in [0.29, 0.717) is 19.1 Å². The molecule has 0 aromatic heterocycles. The Morgan fingerprint density at radius 1 is 1.39 bits per heavy atom. The Balaban J connectivity index is 1.94. The maximum atomic E-state index is 11.9. The van der Waals surface area contributed by atoms with Gasteiger partial charge in [0.25, 0.3) is 0 Å². The van der Waals surface area contributed by atoms with Gasteiger partial charge in [0, 0.05) is 12.2 Å². The molecule has 2 N–H and O–H groups in total. The number of benzene rings is 1. The molecule has 4 nitrogen and oxygen atoms in total. The van der Waals surface area contributed by atoms with Crippen LogP contribution in [0.4, 0.5) is 5.69 Å². The Morgan fingerprint density at radius 3 is 2.67 bits per heavy atom. The maximum Gasteiger partial charge on any atom is 0.243 e. The van der Waals surface area contributed by atoms with Gasteiger partial charge in [-0.3, -0.25) is 4.79 Å². The van der Waals surface area contributed by atoms with Crippen molar-refractivity contribution >= 4 is 11.6 Å². The highest BCUT2D eigenvalue weighted by Crippen LogP contribution is 2.17. The molecule has 1 aromatic rings. The molecule has 1 atom stereocenters. The minimum absolute atomic E-state index is 0.0352. The smallest absolute Gasteiger partial charge is 0.243 e. The topological polar surface area (TPSA) is 50.4 Å². The average molecular weight is 248 g/mol. The third-order valence-electron chi connectivity index (χ3n) is 3.08. The number of carbonyl (C=O) groups is 1. The van der Waals surface area contributed by atoms with Gasteiger partial charge in [-0.2, -0.15) is 0 Å². The number of nitrogens with one attached hydrogen (secondary N) is 2. The predicted octanol–water partition coefficient (Wildman–Crippen LogP) is 1.74. The minimum atomic E-state index is -0.247. The SMILES string of the molecule is CC(C)c1ccc(NC(=O)C2COCCN2)cc1. The number of ether oxygens (including phenoxy) is 1. The molecule has 1 amide bonds. The van der Waals surface area contributed by atoms with Crippen molar-refractivity contribution in [2.24, 2.45) is 0 Å². The molecule has 0 radical (unpaired) electrons. The number of amides is 1. The lowest BCUT2D eigenvalue weighted by Gasteiger charge is -2.22. The normalized spacial score (nSPS) is 19.8. The van der Waals surface area contributed by atoms with Crippen molar-refractivity contribution < 1.29 is 9.53 Å². The standard InChI is InChI=1S/C14H20N2O2/c1-10(2)11-3-5-12(6-4-11)16-14(17)13-9-18-8-7-15-13/h3-6,10,13,15H,7-9H2,1-2H3,(H,16,17). The van der Waals surface area contributed by atoms with E-state index in [-0.39, 0.29) is 11.9 Å². The first-order valence-electron chi connectivity index (χ1n) is 6.39. The average Bonchev–Trinajstić information content (AvgIpc) is 2.40. The summed E-state index contributed by atoms with van der Waals surface area (Å²) in [5.74, 6) is 0.468. The van der Waals surface area contributed by atoms with Crippen molar-refractivity contribution in [1.82, 2.24) is 5.32 Å². The molecule has 0 aliphatic carbocycles. The molecule has 1 aliphatic heterocycles.